The van der Waals surface area contributed by atoms with Gasteiger partial charge in [0.15, 0.2) is 0 Å². The first-order valence-electron chi connectivity index (χ1n) is 9.56. The summed E-state index contributed by atoms with van der Waals surface area (Å²) in [6, 6.07) is 19.4. The Morgan fingerprint density at radius 3 is 2.47 bits per heavy atom. The van der Waals surface area contributed by atoms with Gasteiger partial charge >= 0.3 is 6.55 Å². The first-order valence-corrected chi connectivity index (χ1v) is 9.56. The highest BCUT2D eigenvalue weighted by Gasteiger charge is 2.33. The molecule has 0 spiro atoms. The lowest BCUT2D eigenvalue weighted by molar-refractivity contribution is -0.123. The molecular weight excluding hydrogens is 388 g/mol. The summed E-state index contributed by atoms with van der Waals surface area (Å²) in [5, 5.41) is 6.45. The number of carbonyl (C=O) groups excluding carboxylic acids is 1. The second-order valence-corrected chi connectivity index (χ2v) is 7.05. The normalized spacial score (nSPS) is 16.1. The molecular formula is C22H21F2N5O. The molecule has 8 heteroatoms. The predicted molar refractivity (Wildman–Crippen MR) is 110 cm³/mol. The molecule has 3 aromatic rings. The topological polar surface area (TPSA) is 53.7 Å². The zero-order chi connectivity index (χ0) is 21.1. The van der Waals surface area contributed by atoms with Crippen LogP contribution < -0.4 is 5.01 Å². The van der Waals surface area contributed by atoms with Crippen molar-refractivity contribution in [2.45, 2.75) is 25.6 Å². The minimum absolute atomic E-state index is 0.0312. The van der Waals surface area contributed by atoms with Crippen molar-refractivity contribution in [2.24, 2.45) is 5.10 Å². The Bertz CT molecular complexity index is 1040. The van der Waals surface area contributed by atoms with E-state index in [4.69, 9.17) is 0 Å². The van der Waals surface area contributed by atoms with E-state index in [0.717, 1.165) is 15.8 Å². The average Bonchev–Trinajstić information content (AvgIpc) is 3.42. The van der Waals surface area contributed by atoms with Crippen LogP contribution in [0.25, 0.3) is 0 Å². The molecule has 1 aliphatic heterocycles. The molecule has 1 aromatic heterocycles. The van der Waals surface area contributed by atoms with Crippen LogP contribution in [-0.2, 0) is 11.3 Å². The molecule has 0 aliphatic carbocycles. The van der Waals surface area contributed by atoms with E-state index < -0.39 is 6.55 Å². The smallest absolute Gasteiger partial charge is 0.319 e. The summed E-state index contributed by atoms with van der Waals surface area (Å²) in [6.07, 6.45) is 2.93. The van der Waals surface area contributed by atoms with Crippen molar-refractivity contribution in [2.75, 3.05) is 12.1 Å². The Labute approximate surface area is 173 Å². The number of hydrogen-bond donors (Lipinski definition) is 0. The SMILES string of the molecule is CN(Cc1nccn1C(F)F)C(=O)C1=NN(c2ccccc2)[C@H](c2ccccc2)C1. The molecule has 4 rings (SSSR count). The number of aromatic nitrogens is 2. The van der Waals surface area contributed by atoms with Gasteiger partial charge in [0.2, 0.25) is 0 Å². The van der Waals surface area contributed by atoms with Gasteiger partial charge in [0.05, 0.1) is 18.3 Å². The van der Waals surface area contributed by atoms with Gasteiger partial charge in [-0.1, -0.05) is 48.5 Å². The van der Waals surface area contributed by atoms with Crippen molar-refractivity contribution < 1.29 is 13.6 Å². The molecule has 2 heterocycles. The van der Waals surface area contributed by atoms with E-state index in [-0.39, 0.29) is 24.3 Å². The Morgan fingerprint density at radius 2 is 1.80 bits per heavy atom. The molecule has 1 amide bonds. The molecule has 154 valence electrons. The van der Waals surface area contributed by atoms with E-state index in [2.05, 4.69) is 10.1 Å². The largest absolute Gasteiger partial charge is 0.333 e. The third-order valence-corrected chi connectivity index (χ3v) is 5.05. The fourth-order valence-electron chi connectivity index (χ4n) is 3.54. The summed E-state index contributed by atoms with van der Waals surface area (Å²) in [5.41, 5.74) is 2.30. The third-order valence-electron chi connectivity index (χ3n) is 5.05. The molecule has 0 saturated heterocycles. The van der Waals surface area contributed by atoms with Crippen LogP contribution in [0, 0.1) is 0 Å². The molecule has 0 radical (unpaired) electrons. The second-order valence-electron chi connectivity index (χ2n) is 7.05. The molecule has 2 aromatic carbocycles. The van der Waals surface area contributed by atoms with Gasteiger partial charge in [-0.3, -0.25) is 14.4 Å². The maximum atomic E-state index is 13.1. The molecule has 0 fully saturated rings. The number of hydrogen-bond acceptors (Lipinski definition) is 4. The molecule has 1 aliphatic rings. The minimum Gasteiger partial charge on any atom is -0.333 e. The fourth-order valence-corrected chi connectivity index (χ4v) is 3.54. The Hall–Kier alpha value is -3.55. The number of carbonyl (C=O) groups is 1. The number of benzene rings is 2. The van der Waals surface area contributed by atoms with Crippen LogP contribution in [0.1, 0.15) is 30.4 Å². The van der Waals surface area contributed by atoms with Gasteiger partial charge in [-0.05, 0) is 17.7 Å². The summed E-state index contributed by atoms with van der Waals surface area (Å²) in [6.45, 7) is -2.73. The van der Waals surface area contributed by atoms with Crippen molar-refractivity contribution in [1.29, 1.82) is 0 Å². The summed E-state index contributed by atoms with van der Waals surface area (Å²) in [4.78, 5) is 18.4. The minimum atomic E-state index is -2.70. The van der Waals surface area contributed by atoms with E-state index in [1.54, 1.807) is 7.05 Å². The maximum absolute atomic E-state index is 13.1. The van der Waals surface area contributed by atoms with Crippen molar-refractivity contribution in [3.8, 4) is 0 Å². The first kappa shape index (κ1) is 19.8. The molecule has 1 atom stereocenters. The molecule has 30 heavy (non-hydrogen) atoms. The molecule has 0 bridgehead atoms. The number of rotatable bonds is 6. The lowest BCUT2D eigenvalue weighted by Gasteiger charge is -2.23. The number of hydrazone groups is 1. The van der Waals surface area contributed by atoms with Gasteiger partial charge in [0, 0.05) is 25.9 Å². The summed E-state index contributed by atoms with van der Waals surface area (Å²) in [7, 11) is 1.57. The number of anilines is 1. The van der Waals surface area contributed by atoms with Gasteiger partial charge < -0.3 is 4.90 Å². The number of nitrogens with zero attached hydrogens (tertiary/aromatic N) is 5. The van der Waals surface area contributed by atoms with Crippen LogP contribution in [0.3, 0.4) is 0 Å². The average molecular weight is 409 g/mol. The van der Waals surface area contributed by atoms with Gasteiger partial charge in [-0.15, -0.1) is 0 Å². The van der Waals surface area contributed by atoms with E-state index >= 15 is 0 Å². The quantitative estimate of drug-likeness (QED) is 0.612. The number of alkyl halides is 2. The summed E-state index contributed by atoms with van der Waals surface area (Å²) < 4.78 is 26.9. The van der Waals surface area contributed by atoms with Crippen LogP contribution in [0.2, 0.25) is 0 Å². The van der Waals surface area contributed by atoms with Gasteiger partial charge in [-0.25, -0.2) is 4.98 Å². The lowest BCUT2D eigenvalue weighted by atomic mass is 10.0. The van der Waals surface area contributed by atoms with Crippen molar-refractivity contribution in [3.63, 3.8) is 0 Å². The molecule has 0 N–H and O–H groups in total. The zero-order valence-electron chi connectivity index (χ0n) is 16.4. The Kier molecular flexibility index (Phi) is 5.56. The van der Waals surface area contributed by atoms with E-state index in [1.165, 1.54) is 17.3 Å². The molecule has 0 unspecified atom stereocenters. The first-order chi connectivity index (χ1) is 14.5. The standard InChI is InChI=1S/C22H21F2N5O/c1-27(15-20-25-12-13-28(20)22(23)24)21(30)18-14-19(16-8-4-2-5-9-16)29(26-18)17-10-6-3-7-11-17/h2-13,19,22H,14-15H2,1H3/t19-/m0/s1. The van der Waals surface area contributed by atoms with Crippen LogP contribution in [-0.4, -0.2) is 33.1 Å². The highest BCUT2D eigenvalue weighted by Crippen LogP contribution is 2.35. The Balaban J connectivity index is 1.58. The van der Waals surface area contributed by atoms with Gasteiger partial charge in [0.1, 0.15) is 11.5 Å². The third kappa shape index (κ3) is 3.94. The molecule has 0 saturated carbocycles. The lowest BCUT2D eigenvalue weighted by Crippen LogP contribution is -2.33. The summed E-state index contributed by atoms with van der Waals surface area (Å²) in [5.74, 6) is -0.183. The van der Waals surface area contributed by atoms with Gasteiger partial charge in [-0.2, -0.15) is 13.9 Å². The molecule has 6 nitrogen and oxygen atoms in total. The monoisotopic (exact) mass is 409 g/mol. The van der Waals surface area contributed by atoms with Crippen LogP contribution in [0.5, 0.6) is 0 Å². The second kappa shape index (κ2) is 8.44. The highest BCUT2D eigenvalue weighted by molar-refractivity contribution is 6.39. The van der Waals surface area contributed by atoms with E-state index in [1.807, 2.05) is 65.7 Å². The van der Waals surface area contributed by atoms with E-state index in [0.29, 0.717) is 12.1 Å². The van der Waals surface area contributed by atoms with Crippen LogP contribution >= 0.6 is 0 Å². The predicted octanol–water partition coefficient (Wildman–Crippen LogP) is 4.24. The number of imidazole rings is 1. The maximum Gasteiger partial charge on any atom is 0.319 e. The zero-order valence-corrected chi connectivity index (χ0v) is 16.4. The van der Waals surface area contributed by atoms with Crippen LogP contribution in [0.15, 0.2) is 78.2 Å². The summed E-state index contributed by atoms with van der Waals surface area (Å²) >= 11 is 0. The highest BCUT2D eigenvalue weighted by atomic mass is 19.3. The van der Waals surface area contributed by atoms with Crippen LogP contribution in [0.4, 0.5) is 14.5 Å². The number of para-hydroxylation sites is 1. The fraction of sp³-hybridized carbons (Fsp3) is 0.227. The Morgan fingerprint density at radius 1 is 1.13 bits per heavy atom. The van der Waals surface area contributed by atoms with Crippen molar-refractivity contribution in [1.82, 2.24) is 14.5 Å². The number of amides is 1. The van der Waals surface area contributed by atoms with Gasteiger partial charge in [0.25, 0.3) is 5.91 Å². The van der Waals surface area contributed by atoms with Crippen molar-refractivity contribution >= 4 is 17.3 Å². The number of halogens is 2. The van der Waals surface area contributed by atoms with E-state index in [9.17, 15) is 13.6 Å². The van der Waals surface area contributed by atoms with Crippen molar-refractivity contribution in [3.05, 3.63) is 84.4 Å².